The van der Waals surface area contributed by atoms with Crippen molar-refractivity contribution < 1.29 is 9.53 Å². The number of hydrogen-bond donors (Lipinski definition) is 0. The fourth-order valence-electron chi connectivity index (χ4n) is 3.83. The second-order valence-electron chi connectivity index (χ2n) is 7.15. The monoisotopic (exact) mass is 367 g/mol. The number of carbonyl (C=O) groups is 1. The molecule has 144 valence electrons. The Bertz CT molecular complexity index is 806. The van der Waals surface area contributed by atoms with Gasteiger partial charge >= 0.3 is 0 Å². The first-order chi connectivity index (χ1) is 13.0. The number of aromatic nitrogens is 1. The SMILES string of the molecule is CCc1cc(-c2cncc(N3CCC[C@H]3COC)c2)ccc1N(C)C(C)=O. The van der Waals surface area contributed by atoms with Crippen LogP contribution in [-0.2, 0) is 16.0 Å². The zero-order valence-corrected chi connectivity index (χ0v) is 16.7. The van der Waals surface area contributed by atoms with Crippen LogP contribution in [0.4, 0.5) is 11.4 Å². The van der Waals surface area contributed by atoms with Gasteiger partial charge in [-0.05, 0) is 48.6 Å². The number of rotatable bonds is 6. The third-order valence-corrected chi connectivity index (χ3v) is 5.42. The summed E-state index contributed by atoms with van der Waals surface area (Å²) < 4.78 is 5.38. The predicted octanol–water partition coefficient (Wildman–Crippen LogP) is 3.91. The number of pyridine rings is 1. The summed E-state index contributed by atoms with van der Waals surface area (Å²) in [5.41, 5.74) is 5.51. The second-order valence-corrected chi connectivity index (χ2v) is 7.15. The molecule has 0 unspecified atom stereocenters. The van der Waals surface area contributed by atoms with Crippen LogP contribution >= 0.6 is 0 Å². The zero-order valence-electron chi connectivity index (χ0n) is 16.7. The van der Waals surface area contributed by atoms with E-state index in [1.165, 1.54) is 6.42 Å². The molecule has 0 spiro atoms. The predicted molar refractivity (Wildman–Crippen MR) is 110 cm³/mol. The maximum Gasteiger partial charge on any atom is 0.223 e. The van der Waals surface area contributed by atoms with E-state index in [0.29, 0.717) is 6.04 Å². The summed E-state index contributed by atoms with van der Waals surface area (Å²) in [7, 11) is 3.58. The quantitative estimate of drug-likeness (QED) is 0.777. The molecule has 1 amide bonds. The molecule has 0 N–H and O–H groups in total. The van der Waals surface area contributed by atoms with Crippen molar-refractivity contribution in [2.24, 2.45) is 0 Å². The molecule has 0 radical (unpaired) electrons. The fourth-order valence-corrected chi connectivity index (χ4v) is 3.83. The summed E-state index contributed by atoms with van der Waals surface area (Å²) in [6.45, 7) is 5.50. The highest BCUT2D eigenvalue weighted by atomic mass is 16.5. The molecule has 27 heavy (non-hydrogen) atoms. The summed E-state index contributed by atoms with van der Waals surface area (Å²) in [4.78, 5) is 20.3. The van der Waals surface area contributed by atoms with E-state index in [0.717, 1.165) is 54.1 Å². The summed E-state index contributed by atoms with van der Waals surface area (Å²) in [6.07, 6.45) is 7.06. The highest BCUT2D eigenvalue weighted by Gasteiger charge is 2.25. The van der Waals surface area contributed by atoms with Gasteiger partial charge in [-0.25, -0.2) is 0 Å². The van der Waals surface area contributed by atoms with E-state index in [2.05, 4.69) is 35.0 Å². The number of amides is 1. The minimum Gasteiger partial charge on any atom is -0.383 e. The van der Waals surface area contributed by atoms with Gasteiger partial charge in [-0.2, -0.15) is 0 Å². The molecule has 1 aliphatic rings. The lowest BCUT2D eigenvalue weighted by Gasteiger charge is -2.26. The Kier molecular flexibility index (Phi) is 6.11. The molecule has 5 heteroatoms. The van der Waals surface area contributed by atoms with Gasteiger partial charge in [0.05, 0.1) is 24.5 Å². The van der Waals surface area contributed by atoms with Crippen molar-refractivity contribution >= 4 is 17.3 Å². The third kappa shape index (κ3) is 4.14. The van der Waals surface area contributed by atoms with Crippen LogP contribution in [0.1, 0.15) is 32.3 Å². The number of carbonyl (C=O) groups excluding carboxylic acids is 1. The molecule has 2 aromatic rings. The number of anilines is 2. The molecule has 5 nitrogen and oxygen atoms in total. The average Bonchev–Trinajstić information content (AvgIpc) is 3.15. The highest BCUT2D eigenvalue weighted by molar-refractivity contribution is 5.92. The van der Waals surface area contributed by atoms with Gasteiger partial charge in [-0.3, -0.25) is 9.78 Å². The summed E-state index contributed by atoms with van der Waals surface area (Å²) >= 11 is 0. The Morgan fingerprint density at radius 3 is 2.81 bits per heavy atom. The van der Waals surface area contributed by atoms with Gasteiger partial charge in [0, 0.05) is 45.1 Å². The van der Waals surface area contributed by atoms with Gasteiger partial charge in [0.2, 0.25) is 5.91 Å². The van der Waals surface area contributed by atoms with Crippen molar-refractivity contribution in [3.05, 3.63) is 42.2 Å². The van der Waals surface area contributed by atoms with Crippen molar-refractivity contribution in [3.8, 4) is 11.1 Å². The van der Waals surface area contributed by atoms with Crippen LogP contribution in [0.25, 0.3) is 11.1 Å². The zero-order chi connectivity index (χ0) is 19.4. The van der Waals surface area contributed by atoms with Crippen molar-refractivity contribution in [2.45, 2.75) is 39.2 Å². The standard InChI is InChI=1S/C22H29N3O2/c1-5-17-11-18(8-9-22(17)24(3)16(2)26)19-12-21(14-23-13-19)25-10-6-7-20(25)15-27-4/h8-9,11-14,20H,5-7,10,15H2,1-4H3/t20-/m0/s1. The molecule has 2 heterocycles. The molecule has 1 aromatic heterocycles. The first-order valence-corrected chi connectivity index (χ1v) is 9.63. The lowest BCUT2D eigenvalue weighted by Crippen LogP contribution is -2.32. The maximum absolute atomic E-state index is 11.7. The van der Waals surface area contributed by atoms with Crippen LogP contribution in [0.5, 0.6) is 0 Å². The van der Waals surface area contributed by atoms with Crippen molar-refractivity contribution in [1.82, 2.24) is 4.98 Å². The topological polar surface area (TPSA) is 45.7 Å². The average molecular weight is 367 g/mol. The van der Waals surface area contributed by atoms with Crippen LogP contribution in [0, 0.1) is 0 Å². The summed E-state index contributed by atoms with van der Waals surface area (Å²) in [5, 5.41) is 0. The van der Waals surface area contributed by atoms with Crippen molar-refractivity contribution in [3.63, 3.8) is 0 Å². The Hall–Kier alpha value is -2.40. The van der Waals surface area contributed by atoms with E-state index in [-0.39, 0.29) is 5.91 Å². The van der Waals surface area contributed by atoms with E-state index in [9.17, 15) is 4.79 Å². The first kappa shape index (κ1) is 19.4. The molecule has 1 aliphatic heterocycles. The summed E-state index contributed by atoms with van der Waals surface area (Å²) in [6, 6.07) is 8.91. The smallest absolute Gasteiger partial charge is 0.223 e. The number of benzene rings is 1. The fraction of sp³-hybridized carbons (Fsp3) is 0.455. The van der Waals surface area contributed by atoms with Gasteiger partial charge in [0.15, 0.2) is 0 Å². The Morgan fingerprint density at radius 2 is 2.11 bits per heavy atom. The van der Waals surface area contributed by atoms with Gasteiger partial charge in [-0.15, -0.1) is 0 Å². The first-order valence-electron chi connectivity index (χ1n) is 9.63. The Morgan fingerprint density at radius 1 is 1.30 bits per heavy atom. The summed E-state index contributed by atoms with van der Waals surface area (Å²) in [5.74, 6) is 0.0410. The molecular weight excluding hydrogens is 338 g/mol. The van der Waals surface area contributed by atoms with Gasteiger partial charge in [0.1, 0.15) is 0 Å². The lowest BCUT2D eigenvalue weighted by molar-refractivity contribution is -0.116. The number of nitrogens with zero attached hydrogens (tertiary/aromatic N) is 3. The largest absolute Gasteiger partial charge is 0.383 e. The number of hydrogen-bond acceptors (Lipinski definition) is 4. The number of ether oxygens (including phenoxy) is 1. The molecule has 1 saturated heterocycles. The van der Waals surface area contributed by atoms with Gasteiger partial charge in [0.25, 0.3) is 0 Å². The molecule has 0 bridgehead atoms. The Labute approximate surface area is 162 Å². The molecular formula is C22H29N3O2. The van der Waals surface area contributed by atoms with E-state index in [1.807, 2.05) is 25.5 Å². The van der Waals surface area contributed by atoms with Crippen LogP contribution in [-0.4, -0.2) is 44.2 Å². The minimum atomic E-state index is 0.0410. The van der Waals surface area contributed by atoms with E-state index in [4.69, 9.17) is 4.74 Å². The molecule has 1 aromatic carbocycles. The molecule has 0 saturated carbocycles. The van der Waals surface area contributed by atoms with Gasteiger partial charge < -0.3 is 14.5 Å². The normalized spacial score (nSPS) is 16.6. The maximum atomic E-state index is 11.7. The van der Waals surface area contributed by atoms with Crippen molar-refractivity contribution in [2.75, 3.05) is 37.1 Å². The lowest BCUT2D eigenvalue weighted by atomic mass is 10.0. The minimum absolute atomic E-state index is 0.0410. The van der Waals surface area contributed by atoms with Crippen LogP contribution in [0.3, 0.4) is 0 Å². The van der Waals surface area contributed by atoms with E-state index in [1.54, 1.807) is 18.9 Å². The third-order valence-electron chi connectivity index (χ3n) is 5.42. The molecule has 0 aliphatic carbocycles. The molecule has 1 fully saturated rings. The van der Waals surface area contributed by atoms with E-state index < -0.39 is 0 Å². The highest BCUT2D eigenvalue weighted by Crippen LogP contribution is 2.31. The van der Waals surface area contributed by atoms with Gasteiger partial charge in [-0.1, -0.05) is 13.0 Å². The molecule has 1 atom stereocenters. The Balaban J connectivity index is 1.92. The second kappa shape index (κ2) is 8.53. The van der Waals surface area contributed by atoms with Crippen LogP contribution in [0.2, 0.25) is 0 Å². The number of methoxy groups -OCH3 is 1. The van der Waals surface area contributed by atoms with Crippen molar-refractivity contribution in [1.29, 1.82) is 0 Å². The van der Waals surface area contributed by atoms with E-state index >= 15 is 0 Å². The number of aryl methyl sites for hydroxylation is 1. The molecule has 3 rings (SSSR count). The van der Waals surface area contributed by atoms with Crippen LogP contribution in [0.15, 0.2) is 36.7 Å². The van der Waals surface area contributed by atoms with Crippen LogP contribution < -0.4 is 9.80 Å².